The van der Waals surface area contributed by atoms with E-state index in [9.17, 15) is 4.79 Å². The number of nitrogens with one attached hydrogen (secondary N) is 1. The van der Waals surface area contributed by atoms with E-state index in [4.69, 9.17) is 9.47 Å². The molecule has 1 aliphatic rings. The topological polar surface area (TPSA) is 50.8 Å². The first-order chi connectivity index (χ1) is 9.17. The predicted molar refractivity (Wildman–Crippen MR) is 71.9 cm³/mol. The Morgan fingerprint density at radius 3 is 2.84 bits per heavy atom. The monoisotopic (exact) mass is 264 g/mol. The zero-order valence-corrected chi connectivity index (χ0v) is 11.6. The smallest absolute Gasteiger partial charge is 0.241 e. The molecule has 0 saturated carbocycles. The fourth-order valence-electron chi connectivity index (χ4n) is 2.29. The van der Waals surface area contributed by atoms with Crippen LogP contribution in [-0.4, -0.2) is 44.2 Å². The molecular weight excluding hydrogens is 244 g/mol. The number of amides is 1. The zero-order chi connectivity index (χ0) is 13.8. The molecule has 5 nitrogen and oxygen atoms in total. The molecule has 1 amide bonds. The minimum atomic E-state index is -0.173. The lowest BCUT2D eigenvalue weighted by atomic mass is 10.1. The van der Waals surface area contributed by atoms with Crippen LogP contribution >= 0.6 is 0 Å². The van der Waals surface area contributed by atoms with Crippen LogP contribution in [0, 0.1) is 0 Å². The van der Waals surface area contributed by atoms with Gasteiger partial charge in [-0.05, 0) is 24.6 Å². The van der Waals surface area contributed by atoms with Crippen LogP contribution in [0.4, 0.5) is 0 Å². The second-order valence-electron chi connectivity index (χ2n) is 4.59. The van der Waals surface area contributed by atoms with Gasteiger partial charge in [-0.2, -0.15) is 0 Å². The van der Waals surface area contributed by atoms with Crippen molar-refractivity contribution >= 4 is 5.91 Å². The van der Waals surface area contributed by atoms with Crippen LogP contribution in [0.15, 0.2) is 24.3 Å². The van der Waals surface area contributed by atoms with Crippen molar-refractivity contribution in [3.05, 3.63) is 29.8 Å². The van der Waals surface area contributed by atoms with Crippen LogP contribution < -0.4 is 10.1 Å². The largest absolute Gasteiger partial charge is 0.497 e. The number of methoxy groups -OCH3 is 2. The van der Waals surface area contributed by atoms with Crippen molar-refractivity contribution in [3.63, 3.8) is 0 Å². The molecule has 1 N–H and O–H groups in total. The lowest BCUT2D eigenvalue weighted by Crippen LogP contribution is -2.33. The molecule has 0 aromatic heterocycles. The molecule has 2 atom stereocenters. The number of ether oxygens (including phenoxy) is 2. The van der Waals surface area contributed by atoms with Gasteiger partial charge in [-0.1, -0.05) is 12.1 Å². The van der Waals surface area contributed by atoms with Gasteiger partial charge in [-0.15, -0.1) is 0 Å². The van der Waals surface area contributed by atoms with Gasteiger partial charge in [0.15, 0.2) is 0 Å². The average Bonchev–Trinajstić information content (AvgIpc) is 2.73. The van der Waals surface area contributed by atoms with Crippen LogP contribution in [0.5, 0.6) is 5.75 Å². The molecule has 1 fully saturated rings. The van der Waals surface area contributed by atoms with E-state index in [2.05, 4.69) is 5.32 Å². The molecule has 0 spiro atoms. The molecule has 0 aliphatic carbocycles. The number of hydrogen-bond donors (Lipinski definition) is 1. The van der Waals surface area contributed by atoms with Gasteiger partial charge in [0, 0.05) is 13.7 Å². The Bertz CT molecular complexity index is 450. The van der Waals surface area contributed by atoms with Crippen molar-refractivity contribution in [2.24, 2.45) is 0 Å². The molecule has 1 heterocycles. The van der Waals surface area contributed by atoms with Crippen molar-refractivity contribution in [2.75, 3.05) is 27.4 Å². The molecule has 1 aliphatic heterocycles. The Labute approximate surface area is 113 Å². The first-order valence-corrected chi connectivity index (χ1v) is 6.36. The van der Waals surface area contributed by atoms with E-state index in [1.54, 1.807) is 14.2 Å². The summed E-state index contributed by atoms with van der Waals surface area (Å²) in [5.74, 6) is 0.892. The van der Waals surface area contributed by atoms with Gasteiger partial charge in [0.1, 0.15) is 11.9 Å². The molecule has 0 bridgehead atoms. The first-order valence-electron chi connectivity index (χ1n) is 6.36. The third-order valence-corrected chi connectivity index (χ3v) is 3.32. The van der Waals surface area contributed by atoms with E-state index in [0.29, 0.717) is 13.2 Å². The van der Waals surface area contributed by atoms with Crippen molar-refractivity contribution < 1.29 is 14.3 Å². The molecule has 2 unspecified atom stereocenters. The minimum Gasteiger partial charge on any atom is -0.497 e. The van der Waals surface area contributed by atoms with E-state index in [1.807, 2.05) is 36.1 Å². The molecule has 1 aromatic rings. The summed E-state index contributed by atoms with van der Waals surface area (Å²) in [6.45, 7) is 2.98. The Balaban J connectivity index is 2.22. The van der Waals surface area contributed by atoms with Gasteiger partial charge in [-0.25, -0.2) is 0 Å². The Morgan fingerprint density at radius 2 is 2.16 bits per heavy atom. The van der Waals surface area contributed by atoms with Gasteiger partial charge in [0.25, 0.3) is 0 Å². The number of rotatable bonds is 5. The van der Waals surface area contributed by atoms with Crippen molar-refractivity contribution in [3.8, 4) is 5.75 Å². The van der Waals surface area contributed by atoms with E-state index >= 15 is 0 Å². The molecular formula is C14H20N2O3. The Morgan fingerprint density at radius 1 is 1.37 bits per heavy atom. The first kappa shape index (κ1) is 13.8. The maximum atomic E-state index is 12.1. The minimum absolute atomic E-state index is 0.102. The van der Waals surface area contributed by atoms with Crippen LogP contribution in [0.2, 0.25) is 0 Å². The summed E-state index contributed by atoms with van der Waals surface area (Å²) >= 11 is 0. The fraction of sp³-hybridized carbons (Fsp3) is 0.500. The van der Waals surface area contributed by atoms with Gasteiger partial charge in [0.2, 0.25) is 5.91 Å². The van der Waals surface area contributed by atoms with Crippen LogP contribution in [0.3, 0.4) is 0 Å². The fourth-order valence-corrected chi connectivity index (χ4v) is 2.29. The third kappa shape index (κ3) is 2.88. The van der Waals surface area contributed by atoms with Crippen molar-refractivity contribution in [2.45, 2.75) is 19.1 Å². The van der Waals surface area contributed by atoms with E-state index in [1.165, 1.54) is 0 Å². The lowest BCUT2D eigenvalue weighted by molar-refractivity contribution is -0.130. The maximum absolute atomic E-state index is 12.1. The highest BCUT2D eigenvalue weighted by Gasteiger charge is 2.36. The molecule has 1 saturated heterocycles. The highest BCUT2D eigenvalue weighted by atomic mass is 16.5. The van der Waals surface area contributed by atoms with Crippen molar-refractivity contribution in [1.29, 1.82) is 0 Å². The number of benzene rings is 1. The number of hydrogen-bond acceptors (Lipinski definition) is 4. The van der Waals surface area contributed by atoms with Crippen LogP contribution in [-0.2, 0) is 9.53 Å². The molecule has 2 rings (SSSR count). The summed E-state index contributed by atoms with van der Waals surface area (Å²) < 4.78 is 10.3. The summed E-state index contributed by atoms with van der Waals surface area (Å²) in [6, 6.07) is 7.59. The summed E-state index contributed by atoms with van der Waals surface area (Å²) in [7, 11) is 3.27. The normalized spacial score (nSPS) is 22.9. The van der Waals surface area contributed by atoms with Crippen molar-refractivity contribution in [1.82, 2.24) is 10.2 Å². The van der Waals surface area contributed by atoms with E-state index < -0.39 is 0 Å². The number of nitrogens with zero attached hydrogens (tertiary/aromatic N) is 1. The maximum Gasteiger partial charge on any atom is 0.241 e. The highest BCUT2D eigenvalue weighted by Crippen LogP contribution is 2.27. The molecule has 1 aromatic carbocycles. The summed E-state index contributed by atoms with van der Waals surface area (Å²) in [4.78, 5) is 13.9. The molecule has 0 radical (unpaired) electrons. The second-order valence-corrected chi connectivity index (χ2v) is 4.59. The summed E-state index contributed by atoms with van der Waals surface area (Å²) in [6.07, 6.45) is -0.118. The predicted octanol–water partition coefficient (Wildman–Crippen LogP) is 1.16. The lowest BCUT2D eigenvalue weighted by Gasteiger charge is -2.24. The molecule has 104 valence electrons. The summed E-state index contributed by atoms with van der Waals surface area (Å²) in [5, 5.41) is 3.30. The zero-order valence-electron chi connectivity index (χ0n) is 11.6. The Hall–Kier alpha value is -1.59. The SMILES string of the molecule is COCCN1C(=O)C(C)NC1c1cccc(OC)c1. The van der Waals surface area contributed by atoms with Gasteiger partial charge >= 0.3 is 0 Å². The standard InChI is InChI=1S/C14H20N2O3/c1-10-14(17)16(7-8-18-2)13(15-10)11-5-4-6-12(9-11)19-3/h4-6,9-10,13,15H,7-8H2,1-3H3. The van der Waals surface area contributed by atoms with Gasteiger partial charge < -0.3 is 14.4 Å². The average molecular weight is 264 g/mol. The number of carbonyl (C=O) groups excluding carboxylic acids is 1. The van der Waals surface area contributed by atoms with E-state index in [0.717, 1.165) is 11.3 Å². The molecule has 5 heteroatoms. The highest BCUT2D eigenvalue weighted by molar-refractivity contribution is 5.84. The third-order valence-electron chi connectivity index (χ3n) is 3.32. The van der Waals surface area contributed by atoms with E-state index in [-0.39, 0.29) is 18.1 Å². The molecule has 19 heavy (non-hydrogen) atoms. The summed E-state index contributed by atoms with van der Waals surface area (Å²) in [5.41, 5.74) is 1.02. The van der Waals surface area contributed by atoms with Gasteiger partial charge in [0.05, 0.1) is 19.8 Å². The second kappa shape index (κ2) is 6.04. The Kier molecular flexibility index (Phi) is 4.39. The van der Waals surface area contributed by atoms with Gasteiger partial charge in [-0.3, -0.25) is 10.1 Å². The quantitative estimate of drug-likeness (QED) is 0.867. The van der Waals surface area contributed by atoms with Crippen LogP contribution in [0.25, 0.3) is 0 Å². The number of carbonyl (C=O) groups is 1. The van der Waals surface area contributed by atoms with Crippen LogP contribution in [0.1, 0.15) is 18.7 Å².